The number of alkyl halides is 2. The molecular formula is C22H17F2N7O3. The number of halogens is 2. The SMILES string of the molecule is Cc1c([C@@H]2c3nc[nH]c3CCN2C(=O)c2nnc(-c3ccn(C(F)F)n3)o2)oc2ccccc12. The van der Waals surface area contributed by atoms with Crippen LogP contribution >= 0.6 is 0 Å². The summed E-state index contributed by atoms with van der Waals surface area (Å²) in [6.07, 6.45) is 3.24. The maximum absolute atomic E-state index is 13.5. The topological polar surface area (TPSA) is 119 Å². The van der Waals surface area contributed by atoms with Gasteiger partial charge in [0.25, 0.3) is 5.89 Å². The van der Waals surface area contributed by atoms with Crippen molar-refractivity contribution in [2.24, 2.45) is 0 Å². The molecule has 0 spiro atoms. The van der Waals surface area contributed by atoms with Crippen molar-refractivity contribution in [2.45, 2.75) is 25.9 Å². The van der Waals surface area contributed by atoms with Crippen LogP contribution in [-0.4, -0.2) is 47.3 Å². The molecule has 5 aromatic rings. The lowest BCUT2D eigenvalue weighted by Gasteiger charge is -2.33. The van der Waals surface area contributed by atoms with E-state index in [1.807, 2.05) is 31.2 Å². The van der Waals surface area contributed by atoms with Crippen molar-refractivity contribution in [3.63, 3.8) is 0 Å². The number of carbonyl (C=O) groups excluding carboxylic acids is 1. The van der Waals surface area contributed by atoms with Gasteiger partial charge in [-0.15, -0.1) is 10.2 Å². The van der Waals surface area contributed by atoms with Crippen LogP contribution in [0.25, 0.3) is 22.6 Å². The molecule has 34 heavy (non-hydrogen) atoms. The number of aryl methyl sites for hydroxylation is 1. The Kier molecular flexibility index (Phi) is 4.54. The highest BCUT2D eigenvalue weighted by molar-refractivity contribution is 5.91. The summed E-state index contributed by atoms with van der Waals surface area (Å²) in [5, 5.41) is 12.3. The molecule has 6 rings (SSSR count). The molecule has 1 aliphatic rings. The number of imidazole rings is 1. The normalized spacial score (nSPS) is 15.9. The highest BCUT2D eigenvalue weighted by Crippen LogP contribution is 2.39. The summed E-state index contributed by atoms with van der Waals surface area (Å²) >= 11 is 0. The van der Waals surface area contributed by atoms with Crippen molar-refractivity contribution in [2.75, 3.05) is 6.54 Å². The van der Waals surface area contributed by atoms with E-state index in [2.05, 4.69) is 25.3 Å². The molecule has 1 N–H and O–H groups in total. The van der Waals surface area contributed by atoms with Crippen molar-refractivity contribution in [3.8, 4) is 11.6 Å². The fourth-order valence-corrected chi connectivity index (χ4v) is 4.31. The third-order valence-electron chi connectivity index (χ3n) is 5.95. The zero-order valence-corrected chi connectivity index (χ0v) is 17.8. The Hall–Kier alpha value is -4.35. The standard InChI is InChI=1S/C22H17F2N7O3/c1-11-12-4-2-3-5-15(12)33-18(11)17-16-13(25-10-26-16)6-8-30(17)21(32)20-28-27-19(34-20)14-7-9-31(29-14)22(23)24/h2-5,7,9-10,17,22H,6,8H2,1H3,(H,25,26)/t17-/m0/s1. The van der Waals surface area contributed by atoms with Gasteiger partial charge >= 0.3 is 18.3 Å². The number of carbonyl (C=O) groups is 1. The van der Waals surface area contributed by atoms with Crippen LogP contribution in [0.15, 0.2) is 51.7 Å². The number of fused-ring (bicyclic) bond motifs is 2. The molecule has 12 heteroatoms. The number of hydrogen-bond acceptors (Lipinski definition) is 7. The van der Waals surface area contributed by atoms with Crippen LogP contribution in [0.4, 0.5) is 8.78 Å². The summed E-state index contributed by atoms with van der Waals surface area (Å²) in [7, 11) is 0. The summed E-state index contributed by atoms with van der Waals surface area (Å²) in [6.45, 7) is -0.510. The number of aromatic amines is 1. The number of furan rings is 1. The lowest BCUT2D eigenvalue weighted by molar-refractivity contribution is 0.0566. The summed E-state index contributed by atoms with van der Waals surface area (Å²) < 4.78 is 37.8. The minimum absolute atomic E-state index is 0.0461. The first-order valence-electron chi connectivity index (χ1n) is 10.5. The lowest BCUT2D eigenvalue weighted by Crippen LogP contribution is -2.41. The number of nitrogens with zero attached hydrogens (tertiary/aromatic N) is 6. The molecule has 10 nitrogen and oxygen atoms in total. The minimum Gasteiger partial charge on any atom is -0.458 e. The molecule has 0 aliphatic carbocycles. The Labute approximate surface area is 190 Å². The molecule has 1 aliphatic heterocycles. The highest BCUT2D eigenvalue weighted by atomic mass is 19.3. The monoisotopic (exact) mass is 465 g/mol. The van der Waals surface area contributed by atoms with Crippen LogP contribution in [0.2, 0.25) is 0 Å². The van der Waals surface area contributed by atoms with Gasteiger partial charge in [-0.3, -0.25) is 4.79 Å². The van der Waals surface area contributed by atoms with Gasteiger partial charge in [0.15, 0.2) is 0 Å². The van der Waals surface area contributed by atoms with Gasteiger partial charge < -0.3 is 18.7 Å². The molecule has 1 atom stereocenters. The number of aromatic nitrogens is 6. The van der Waals surface area contributed by atoms with Gasteiger partial charge in [0.05, 0.1) is 12.0 Å². The Morgan fingerprint density at radius 3 is 2.85 bits per heavy atom. The number of amides is 1. The zero-order chi connectivity index (χ0) is 23.4. The van der Waals surface area contributed by atoms with Crippen molar-refractivity contribution >= 4 is 16.9 Å². The molecule has 0 unspecified atom stereocenters. The van der Waals surface area contributed by atoms with E-state index in [4.69, 9.17) is 8.83 Å². The molecule has 0 radical (unpaired) electrons. The minimum atomic E-state index is -2.80. The van der Waals surface area contributed by atoms with Gasteiger partial charge in [0.1, 0.15) is 23.1 Å². The van der Waals surface area contributed by atoms with E-state index in [1.165, 1.54) is 6.07 Å². The van der Waals surface area contributed by atoms with Gasteiger partial charge in [0.2, 0.25) is 0 Å². The fraction of sp³-hybridized carbons (Fsp3) is 0.227. The van der Waals surface area contributed by atoms with Crippen molar-refractivity contribution in [3.05, 3.63) is 71.5 Å². The first kappa shape index (κ1) is 20.3. The quantitative estimate of drug-likeness (QED) is 0.428. The molecule has 1 amide bonds. The van der Waals surface area contributed by atoms with E-state index < -0.39 is 18.5 Å². The smallest absolute Gasteiger partial charge is 0.333 e. The van der Waals surface area contributed by atoms with Gasteiger partial charge in [-0.1, -0.05) is 18.2 Å². The van der Waals surface area contributed by atoms with Crippen molar-refractivity contribution < 1.29 is 22.4 Å². The Bertz CT molecular complexity index is 1520. The summed E-state index contributed by atoms with van der Waals surface area (Å²) in [5.41, 5.74) is 3.25. The molecule has 172 valence electrons. The van der Waals surface area contributed by atoms with Gasteiger partial charge in [-0.2, -0.15) is 13.9 Å². The zero-order valence-electron chi connectivity index (χ0n) is 17.8. The molecule has 0 saturated carbocycles. The van der Waals surface area contributed by atoms with Crippen LogP contribution in [0.1, 0.15) is 46.0 Å². The van der Waals surface area contributed by atoms with E-state index in [1.54, 1.807) is 11.2 Å². The van der Waals surface area contributed by atoms with Crippen LogP contribution < -0.4 is 0 Å². The Morgan fingerprint density at radius 2 is 2.06 bits per heavy atom. The molecule has 0 fully saturated rings. The molecule has 0 bridgehead atoms. The molecule has 5 heterocycles. The van der Waals surface area contributed by atoms with Crippen molar-refractivity contribution in [1.29, 1.82) is 0 Å². The lowest BCUT2D eigenvalue weighted by atomic mass is 9.97. The highest BCUT2D eigenvalue weighted by Gasteiger charge is 2.39. The second-order valence-electron chi connectivity index (χ2n) is 7.88. The molecule has 1 aromatic carbocycles. The van der Waals surface area contributed by atoms with E-state index in [0.29, 0.717) is 34.7 Å². The predicted octanol–water partition coefficient (Wildman–Crippen LogP) is 3.89. The number of rotatable bonds is 4. The first-order chi connectivity index (χ1) is 16.5. The van der Waals surface area contributed by atoms with Crippen LogP contribution in [0, 0.1) is 6.92 Å². The molecule has 4 aromatic heterocycles. The average molecular weight is 465 g/mol. The van der Waals surface area contributed by atoms with Crippen LogP contribution in [-0.2, 0) is 6.42 Å². The number of H-pyrrole nitrogens is 1. The predicted molar refractivity (Wildman–Crippen MR) is 113 cm³/mol. The third kappa shape index (κ3) is 3.10. The van der Waals surface area contributed by atoms with E-state index in [-0.39, 0.29) is 17.5 Å². The number of benzene rings is 1. The number of hydrogen-bond donors (Lipinski definition) is 1. The fourth-order valence-electron chi connectivity index (χ4n) is 4.31. The Balaban J connectivity index is 1.39. The number of nitrogens with one attached hydrogen (secondary N) is 1. The van der Waals surface area contributed by atoms with E-state index in [0.717, 1.165) is 22.8 Å². The number of para-hydroxylation sites is 1. The second kappa shape index (κ2) is 7.61. The summed E-state index contributed by atoms with van der Waals surface area (Å²) in [6, 6.07) is 8.34. The summed E-state index contributed by atoms with van der Waals surface area (Å²) in [5.74, 6) is -0.334. The van der Waals surface area contributed by atoms with Crippen LogP contribution in [0.3, 0.4) is 0 Å². The Morgan fingerprint density at radius 1 is 1.21 bits per heavy atom. The van der Waals surface area contributed by atoms with Gasteiger partial charge in [-0.25, -0.2) is 9.67 Å². The van der Waals surface area contributed by atoms with Crippen LogP contribution in [0.5, 0.6) is 0 Å². The van der Waals surface area contributed by atoms with Crippen molar-refractivity contribution in [1.82, 2.24) is 34.8 Å². The molecular weight excluding hydrogens is 448 g/mol. The van der Waals surface area contributed by atoms with Gasteiger partial charge in [-0.05, 0) is 19.1 Å². The van der Waals surface area contributed by atoms with E-state index >= 15 is 0 Å². The average Bonchev–Trinajstić information content (AvgIpc) is 3.64. The van der Waals surface area contributed by atoms with E-state index in [9.17, 15) is 13.6 Å². The maximum atomic E-state index is 13.5. The second-order valence-corrected chi connectivity index (χ2v) is 7.88. The third-order valence-corrected chi connectivity index (χ3v) is 5.95. The first-order valence-corrected chi connectivity index (χ1v) is 10.5. The van der Waals surface area contributed by atoms with Gasteiger partial charge in [0, 0.05) is 35.8 Å². The maximum Gasteiger partial charge on any atom is 0.333 e. The summed E-state index contributed by atoms with van der Waals surface area (Å²) in [4.78, 5) is 22.7. The largest absolute Gasteiger partial charge is 0.458 e. The molecule has 0 saturated heterocycles.